The number of amides is 1. The highest BCUT2D eigenvalue weighted by Gasteiger charge is 2.05. The number of aromatic nitrogens is 2. The molecule has 0 unspecified atom stereocenters. The molecule has 0 fully saturated rings. The van der Waals surface area contributed by atoms with Crippen LogP contribution >= 0.6 is 0 Å². The molecular weight excluding hydrogens is 264 g/mol. The summed E-state index contributed by atoms with van der Waals surface area (Å²) in [6.07, 6.45) is 5.26. The van der Waals surface area contributed by atoms with Gasteiger partial charge in [-0.2, -0.15) is 0 Å². The van der Waals surface area contributed by atoms with E-state index in [2.05, 4.69) is 20.2 Å². The smallest absolute Gasteiger partial charge is 0.251 e. The average molecular weight is 286 g/mol. The molecule has 112 valence electrons. The Labute approximate surface area is 125 Å². The topological polar surface area (TPSA) is 61.0 Å². The predicted molar refractivity (Wildman–Crippen MR) is 83.1 cm³/mol. The van der Waals surface area contributed by atoms with Crippen molar-refractivity contribution in [3.63, 3.8) is 0 Å². The molecule has 0 bridgehead atoms. The first-order chi connectivity index (χ1) is 10.1. The molecule has 1 amide bonds. The molecule has 0 atom stereocenters. The maximum Gasteiger partial charge on any atom is 0.251 e. The van der Waals surface area contributed by atoms with Gasteiger partial charge in [-0.3, -0.25) is 4.79 Å². The molecule has 0 saturated carbocycles. The van der Waals surface area contributed by atoms with Gasteiger partial charge in [0.05, 0.1) is 0 Å². The van der Waals surface area contributed by atoms with Crippen molar-refractivity contribution in [3.05, 3.63) is 53.6 Å². The third kappa shape index (κ3) is 5.04. The Morgan fingerprint density at radius 2 is 2.05 bits per heavy atom. The lowest BCUT2D eigenvalue weighted by Crippen LogP contribution is -2.24. The van der Waals surface area contributed by atoms with Gasteiger partial charge in [0.2, 0.25) is 0 Å². The molecule has 2 rings (SSSR count). The van der Waals surface area contributed by atoms with Crippen LogP contribution in [0, 0.1) is 0 Å². The molecule has 0 saturated heterocycles. The van der Waals surface area contributed by atoms with E-state index < -0.39 is 0 Å². The summed E-state index contributed by atoms with van der Waals surface area (Å²) < 4.78 is 0. The number of benzene rings is 1. The van der Waals surface area contributed by atoms with Gasteiger partial charge >= 0.3 is 0 Å². The van der Waals surface area contributed by atoms with E-state index in [1.807, 2.05) is 44.6 Å². The Bertz CT molecular complexity index is 546. The van der Waals surface area contributed by atoms with E-state index in [1.54, 1.807) is 6.20 Å². The summed E-state index contributed by atoms with van der Waals surface area (Å²) in [5.74, 6) is 0.933. The van der Waals surface area contributed by atoms with E-state index >= 15 is 0 Å². The fourth-order valence-electron chi connectivity index (χ4n) is 2.12. The summed E-state index contributed by atoms with van der Waals surface area (Å²) in [6, 6.07) is 7.75. The lowest BCUT2D eigenvalue weighted by molar-refractivity contribution is 0.0953. The number of nitrogens with zero attached hydrogens (tertiary/aromatic N) is 2. The standard InChI is InChI=1S/C16H22N4O/c1-20(2)12-13-5-7-14(8-6-13)16(21)19-9-3-4-15-17-10-11-18-15/h5-8,10-11H,3-4,9,12H2,1-2H3,(H,17,18)(H,19,21). The highest BCUT2D eigenvalue weighted by atomic mass is 16.1. The van der Waals surface area contributed by atoms with Crippen LogP contribution < -0.4 is 5.32 Å². The monoisotopic (exact) mass is 286 g/mol. The molecule has 5 nitrogen and oxygen atoms in total. The van der Waals surface area contributed by atoms with Crippen LogP contribution in [0.1, 0.15) is 28.2 Å². The van der Waals surface area contributed by atoms with E-state index in [-0.39, 0.29) is 5.91 Å². The first-order valence-corrected chi connectivity index (χ1v) is 7.15. The van der Waals surface area contributed by atoms with Crippen LogP contribution in [-0.2, 0) is 13.0 Å². The Hall–Kier alpha value is -2.14. The number of carbonyl (C=O) groups excluding carboxylic acids is 1. The van der Waals surface area contributed by atoms with Gasteiger partial charge in [-0.25, -0.2) is 4.98 Å². The minimum atomic E-state index is -0.0224. The van der Waals surface area contributed by atoms with Crippen molar-refractivity contribution >= 4 is 5.91 Å². The molecule has 2 aromatic rings. The quantitative estimate of drug-likeness (QED) is 0.763. The lowest BCUT2D eigenvalue weighted by atomic mass is 10.1. The first-order valence-electron chi connectivity index (χ1n) is 7.15. The average Bonchev–Trinajstić information content (AvgIpc) is 2.97. The van der Waals surface area contributed by atoms with E-state index in [4.69, 9.17) is 0 Å². The summed E-state index contributed by atoms with van der Waals surface area (Å²) >= 11 is 0. The molecule has 0 radical (unpaired) electrons. The molecule has 0 aliphatic heterocycles. The van der Waals surface area contributed by atoms with E-state index in [1.165, 1.54) is 5.56 Å². The Morgan fingerprint density at radius 3 is 2.67 bits per heavy atom. The van der Waals surface area contributed by atoms with Crippen molar-refractivity contribution < 1.29 is 4.79 Å². The van der Waals surface area contributed by atoms with Crippen LogP contribution in [0.3, 0.4) is 0 Å². The fourth-order valence-corrected chi connectivity index (χ4v) is 2.12. The Balaban J connectivity index is 1.75. The fraction of sp³-hybridized carbons (Fsp3) is 0.375. The largest absolute Gasteiger partial charge is 0.352 e. The van der Waals surface area contributed by atoms with Crippen molar-refractivity contribution in [2.75, 3.05) is 20.6 Å². The lowest BCUT2D eigenvalue weighted by Gasteiger charge is -2.10. The normalized spacial score (nSPS) is 10.8. The summed E-state index contributed by atoms with van der Waals surface area (Å²) in [5.41, 5.74) is 1.91. The zero-order valence-corrected chi connectivity index (χ0v) is 12.6. The molecule has 1 aromatic carbocycles. The van der Waals surface area contributed by atoms with Crippen molar-refractivity contribution in [1.82, 2.24) is 20.2 Å². The Kier molecular flexibility index (Phi) is 5.51. The molecule has 21 heavy (non-hydrogen) atoms. The van der Waals surface area contributed by atoms with Gasteiger partial charge in [-0.05, 0) is 38.2 Å². The first kappa shape index (κ1) is 15.3. The minimum absolute atomic E-state index is 0.0224. The second-order valence-corrected chi connectivity index (χ2v) is 5.33. The van der Waals surface area contributed by atoms with Crippen LogP contribution in [0.15, 0.2) is 36.7 Å². The van der Waals surface area contributed by atoms with Gasteiger partial charge in [0.25, 0.3) is 5.91 Å². The number of hydrogen-bond donors (Lipinski definition) is 2. The molecular formula is C16H22N4O. The van der Waals surface area contributed by atoms with Crippen LogP contribution in [0.25, 0.3) is 0 Å². The van der Waals surface area contributed by atoms with E-state index in [0.29, 0.717) is 12.1 Å². The van der Waals surface area contributed by atoms with Crippen LogP contribution in [0.2, 0.25) is 0 Å². The molecule has 0 aliphatic rings. The van der Waals surface area contributed by atoms with Crippen molar-refractivity contribution in [2.24, 2.45) is 0 Å². The van der Waals surface area contributed by atoms with Gasteiger partial charge in [0, 0.05) is 37.5 Å². The number of imidazole rings is 1. The zero-order valence-electron chi connectivity index (χ0n) is 12.6. The number of carbonyl (C=O) groups is 1. The van der Waals surface area contributed by atoms with Gasteiger partial charge < -0.3 is 15.2 Å². The number of hydrogen-bond acceptors (Lipinski definition) is 3. The van der Waals surface area contributed by atoms with Gasteiger partial charge in [-0.15, -0.1) is 0 Å². The van der Waals surface area contributed by atoms with Crippen molar-refractivity contribution in [1.29, 1.82) is 0 Å². The number of nitrogens with one attached hydrogen (secondary N) is 2. The molecule has 1 aromatic heterocycles. The van der Waals surface area contributed by atoms with Crippen LogP contribution in [0.4, 0.5) is 0 Å². The Morgan fingerprint density at radius 1 is 1.29 bits per heavy atom. The van der Waals surface area contributed by atoms with Crippen LogP contribution in [-0.4, -0.2) is 41.4 Å². The predicted octanol–water partition coefficient (Wildman–Crippen LogP) is 1.83. The summed E-state index contributed by atoms with van der Waals surface area (Å²) in [5, 5.41) is 2.93. The second kappa shape index (κ2) is 7.59. The second-order valence-electron chi connectivity index (χ2n) is 5.33. The maximum absolute atomic E-state index is 12.0. The number of aromatic amines is 1. The summed E-state index contributed by atoms with van der Waals surface area (Å²) in [7, 11) is 4.05. The van der Waals surface area contributed by atoms with Gasteiger partial charge in [0.1, 0.15) is 5.82 Å². The van der Waals surface area contributed by atoms with Crippen molar-refractivity contribution in [3.8, 4) is 0 Å². The third-order valence-corrected chi connectivity index (χ3v) is 3.15. The zero-order chi connectivity index (χ0) is 15.1. The third-order valence-electron chi connectivity index (χ3n) is 3.15. The van der Waals surface area contributed by atoms with Crippen LogP contribution in [0.5, 0.6) is 0 Å². The molecule has 0 spiro atoms. The number of aryl methyl sites for hydroxylation is 1. The van der Waals surface area contributed by atoms with Crippen molar-refractivity contribution in [2.45, 2.75) is 19.4 Å². The highest BCUT2D eigenvalue weighted by Crippen LogP contribution is 2.06. The molecule has 0 aliphatic carbocycles. The molecule has 1 heterocycles. The maximum atomic E-state index is 12.0. The SMILES string of the molecule is CN(C)Cc1ccc(C(=O)NCCCc2ncc[nH]2)cc1. The minimum Gasteiger partial charge on any atom is -0.352 e. The van der Waals surface area contributed by atoms with Gasteiger partial charge in [0.15, 0.2) is 0 Å². The number of rotatable bonds is 7. The molecule has 5 heteroatoms. The highest BCUT2D eigenvalue weighted by molar-refractivity contribution is 5.94. The van der Waals surface area contributed by atoms with E-state index in [9.17, 15) is 4.79 Å². The summed E-state index contributed by atoms with van der Waals surface area (Å²) in [6.45, 7) is 1.53. The summed E-state index contributed by atoms with van der Waals surface area (Å²) in [4.78, 5) is 21.3. The number of H-pyrrole nitrogens is 1. The molecule has 2 N–H and O–H groups in total. The van der Waals surface area contributed by atoms with E-state index in [0.717, 1.165) is 25.2 Å². The van der Waals surface area contributed by atoms with Gasteiger partial charge in [-0.1, -0.05) is 12.1 Å².